The lowest BCUT2D eigenvalue weighted by Crippen LogP contribution is -2.33. The van der Waals surface area contributed by atoms with Gasteiger partial charge in [0.25, 0.3) is 0 Å². The Labute approximate surface area is 241 Å². The first-order valence-corrected chi connectivity index (χ1v) is 14.6. The molecular weight excluding hydrogens is 545 g/mol. The Bertz CT molecular complexity index is 1600. The minimum absolute atomic E-state index is 0.0457. The van der Waals surface area contributed by atoms with E-state index in [9.17, 15) is 14.3 Å². The van der Waals surface area contributed by atoms with E-state index in [1.165, 1.54) is 17.4 Å². The predicted octanol–water partition coefficient (Wildman–Crippen LogP) is 5.88. The third-order valence-corrected chi connectivity index (χ3v) is 8.87. The first kappa shape index (κ1) is 27.3. The van der Waals surface area contributed by atoms with Crippen LogP contribution in [-0.4, -0.2) is 56.8 Å². The summed E-state index contributed by atoms with van der Waals surface area (Å²) in [5, 5.41) is 9.46. The number of ether oxygens (including phenoxy) is 2. The molecule has 1 aromatic carbocycles. The molecule has 2 saturated heterocycles. The zero-order valence-corrected chi connectivity index (χ0v) is 23.3. The third-order valence-electron chi connectivity index (χ3n) is 7.86. The van der Waals surface area contributed by atoms with E-state index in [0.717, 1.165) is 74.0 Å². The maximum Gasteiger partial charge on any atom is 0.346 e. The number of carbonyl (C=O) groups is 1. The highest BCUT2D eigenvalue weighted by Crippen LogP contribution is 2.32. The van der Waals surface area contributed by atoms with Crippen molar-refractivity contribution in [3.05, 3.63) is 81.7 Å². The van der Waals surface area contributed by atoms with Crippen LogP contribution in [0, 0.1) is 18.3 Å². The van der Waals surface area contributed by atoms with Gasteiger partial charge < -0.3 is 19.1 Å². The molecule has 1 N–H and O–H groups in total. The number of fused-ring (bicyclic) bond motifs is 1. The number of pyridine rings is 1. The summed E-state index contributed by atoms with van der Waals surface area (Å²) in [6.45, 7) is 11.8. The summed E-state index contributed by atoms with van der Waals surface area (Å²) in [5.41, 5.74) is 2.51. The molecule has 0 spiro atoms. The van der Waals surface area contributed by atoms with Crippen LogP contribution in [-0.2, 0) is 24.4 Å². The number of nitrogens with zero attached hydrogens (tertiary/aromatic N) is 5. The van der Waals surface area contributed by atoms with Gasteiger partial charge in [-0.05, 0) is 50.6 Å². The van der Waals surface area contributed by atoms with Gasteiger partial charge in [0.05, 0.1) is 25.2 Å². The fraction of sp³-hybridized carbons (Fsp3) is 0.400. The Morgan fingerprint density at radius 2 is 2.05 bits per heavy atom. The van der Waals surface area contributed by atoms with E-state index in [4.69, 9.17) is 26.0 Å². The molecule has 0 saturated carbocycles. The van der Waals surface area contributed by atoms with Crippen LogP contribution < -0.4 is 4.74 Å². The van der Waals surface area contributed by atoms with Gasteiger partial charge in [0.15, 0.2) is 5.69 Å². The van der Waals surface area contributed by atoms with E-state index in [1.807, 2.05) is 12.1 Å². The second kappa shape index (κ2) is 11.9. The minimum atomic E-state index is -0.919. The first-order valence-electron chi connectivity index (χ1n) is 13.7. The normalized spacial score (nSPS) is 18.1. The van der Waals surface area contributed by atoms with Crippen LogP contribution in [0.5, 0.6) is 5.88 Å². The topological polar surface area (TPSA) is 94.1 Å². The second-order valence-corrected chi connectivity index (χ2v) is 11.6. The molecule has 1 atom stereocenters. The van der Waals surface area contributed by atoms with Gasteiger partial charge >= 0.3 is 5.97 Å². The summed E-state index contributed by atoms with van der Waals surface area (Å²) in [4.78, 5) is 27.9. The van der Waals surface area contributed by atoms with Crippen molar-refractivity contribution in [2.75, 3.05) is 26.3 Å². The third kappa shape index (κ3) is 6.10. The Balaban J connectivity index is 1.09. The van der Waals surface area contributed by atoms with Crippen LogP contribution in [0.2, 0.25) is 0 Å². The highest BCUT2D eigenvalue weighted by molar-refractivity contribution is 7.20. The molecule has 4 aromatic rings. The number of benzene rings is 1. The number of carboxylic acid groups (broad SMARTS) is 1. The van der Waals surface area contributed by atoms with Gasteiger partial charge in [-0.2, -0.15) is 0 Å². The number of thiophene rings is 1. The smallest absolute Gasteiger partial charge is 0.346 e. The fourth-order valence-electron chi connectivity index (χ4n) is 5.58. The average Bonchev–Trinajstić information content (AvgIpc) is 3.72. The summed E-state index contributed by atoms with van der Waals surface area (Å²) < 4.78 is 27.8. The van der Waals surface area contributed by atoms with E-state index in [2.05, 4.69) is 14.3 Å². The molecule has 5 heterocycles. The zero-order valence-electron chi connectivity index (χ0n) is 22.5. The number of imidazole rings is 1. The Morgan fingerprint density at radius 3 is 2.78 bits per heavy atom. The average molecular weight is 576 g/mol. The number of carboxylic acids is 1. The van der Waals surface area contributed by atoms with Crippen LogP contribution in [0.1, 0.15) is 51.9 Å². The van der Waals surface area contributed by atoms with Crippen molar-refractivity contribution in [2.45, 2.75) is 44.9 Å². The molecule has 1 unspecified atom stereocenters. The standard InChI is InChI=1S/C30H30FN5O4S/c1-32-22-6-5-21(23(31)13-22)18-40-28-4-2-3-24(33-28)20-7-10-35(11-8-20)16-27-34-29-25(14-26(41-29)30(37)38)36(27)15-19-9-12-39-17-19/h2-6,13-14,19-20H,7-12,15-18H2,(H,37,38). The summed E-state index contributed by atoms with van der Waals surface area (Å²) in [7, 11) is 0. The molecule has 0 amide bonds. The van der Waals surface area contributed by atoms with Gasteiger partial charge in [-0.3, -0.25) is 4.90 Å². The molecule has 6 rings (SSSR count). The molecule has 3 aromatic heterocycles. The van der Waals surface area contributed by atoms with Gasteiger partial charge in [-0.25, -0.2) is 24.0 Å². The van der Waals surface area contributed by atoms with Crippen molar-refractivity contribution in [3.8, 4) is 5.88 Å². The predicted molar refractivity (Wildman–Crippen MR) is 152 cm³/mol. The lowest BCUT2D eigenvalue weighted by molar-refractivity contribution is 0.0702. The molecule has 2 aliphatic heterocycles. The molecule has 2 fully saturated rings. The maximum atomic E-state index is 14.2. The quantitative estimate of drug-likeness (QED) is 0.249. The lowest BCUT2D eigenvalue weighted by Gasteiger charge is -2.31. The Hall–Kier alpha value is -3.85. The molecule has 11 heteroatoms. The van der Waals surface area contributed by atoms with Crippen LogP contribution in [0.4, 0.5) is 10.1 Å². The van der Waals surface area contributed by atoms with Crippen molar-refractivity contribution in [1.29, 1.82) is 0 Å². The maximum absolute atomic E-state index is 14.2. The fourth-order valence-corrected chi connectivity index (χ4v) is 6.47. The number of rotatable bonds is 9. The van der Waals surface area contributed by atoms with Crippen molar-refractivity contribution in [2.24, 2.45) is 5.92 Å². The summed E-state index contributed by atoms with van der Waals surface area (Å²) >= 11 is 1.23. The minimum Gasteiger partial charge on any atom is -0.477 e. The largest absolute Gasteiger partial charge is 0.477 e. The van der Waals surface area contributed by atoms with Gasteiger partial charge in [-0.15, -0.1) is 11.3 Å². The van der Waals surface area contributed by atoms with Crippen LogP contribution in [0.25, 0.3) is 15.2 Å². The van der Waals surface area contributed by atoms with Gasteiger partial charge in [0, 0.05) is 42.3 Å². The number of piperidine rings is 1. The lowest BCUT2D eigenvalue weighted by atomic mass is 9.93. The molecule has 2 aliphatic rings. The number of hydrogen-bond acceptors (Lipinski definition) is 7. The monoisotopic (exact) mass is 575 g/mol. The molecule has 41 heavy (non-hydrogen) atoms. The van der Waals surface area contributed by atoms with Crippen molar-refractivity contribution in [1.82, 2.24) is 19.4 Å². The summed E-state index contributed by atoms with van der Waals surface area (Å²) in [6.07, 6.45) is 2.88. The van der Waals surface area contributed by atoms with Gasteiger partial charge in [0.1, 0.15) is 28.0 Å². The van der Waals surface area contributed by atoms with Crippen LogP contribution in [0.3, 0.4) is 0 Å². The second-order valence-electron chi connectivity index (χ2n) is 10.6. The van der Waals surface area contributed by atoms with E-state index in [1.54, 1.807) is 24.3 Å². The van der Waals surface area contributed by atoms with Crippen molar-refractivity contribution in [3.63, 3.8) is 0 Å². The molecule has 212 valence electrons. The number of halogens is 1. The van der Waals surface area contributed by atoms with E-state index in [0.29, 0.717) is 34.7 Å². The van der Waals surface area contributed by atoms with E-state index in [-0.39, 0.29) is 12.3 Å². The number of likely N-dealkylation sites (tertiary alicyclic amines) is 1. The highest BCUT2D eigenvalue weighted by Gasteiger charge is 2.26. The van der Waals surface area contributed by atoms with Crippen molar-refractivity contribution >= 4 is 33.3 Å². The summed E-state index contributed by atoms with van der Waals surface area (Å²) in [5.74, 6) is 0.747. The van der Waals surface area contributed by atoms with E-state index >= 15 is 0 Å². The molecule has 9 nitrogen and oxygen atoms in total. The van der Waals surface area contributed by atoms with Crippen LogP contribution in [0.15, 0.2) is 42.5 Å². The Kier molecular flexibility index (Phi) is 7.96. The summed E-state index contributed by atoms with van der Waals surface area (Å²) in [6, 6.07) is 11.8. The SMILES string of the molecule is [C-]#[N+]c1ccc(COc2cccc(C3CCN(Cc4nc5sc(C(=O)O)cc5n4CC4CCOC4)CC3)n2)c(F)c1. The number of hydrogen-bond donors (Lipinski definition) is 1. The van der Waals surface area contributed by atoms with Crippen molar-refractivity contribution < 1.29 is 23.8 Å². The number of aromatic carboxylic acids is 1. The van der Waals surface area contributed by atoms with Gasteiger partial charge in [0.2, 0.25) is 5.88 Å². The number of aromatic nitrogens is 3. The molecule has 0 bridgehead atoms. The van der Waals surface area contributed by atoms with Gasteiger partial charge in [-0.1, -0.05) is 18.2 Å². The first-order chi connectivity index (χ1) is 20.0. The zero-order chi connectivity index (χ0) is 28.3. The molecule has 0 radical (unpaired) electrons. The molecular formula is C30H30FN5O4S. The Morgan fingerprint density at radius 1 is 1.20 bits per heavy atom. The van der Waals surface area contributed by atoms with E-state index < -0.39 is 11.8 Å². The van der Waals surface area contributed by atoms with Crippen LogP contribution >= 0.6 is 11.3 Å². The molecule has 0 aliphatic carbocycles. The highest BCUT2D eigenvalue weighted by atomic mass is 32.1.